The summed E-state index contributed by atoms with van der Waals surface area (Å²) in [5, 5.41) is 0. The average Bonchev–Trinajstić information content (AvgIpc) is 2.09. The normalized spacial score (nSPS) is 12.6. The van der Waals surface area contributed by atoms with E-state index in [1.54, 1.807) is 6.92 Å². The molecule has 14 heavy (non-hydrogen) atoms. The molecule has 0 aliphatic rings. The first-order chi connectivity index (χ1) is 6.43. The molecule has 1 aromatic carbocycles. The van der Waals surface area contributed by atoms with Crippen molar-refractivity contribution in [3.63, 3.8) is 0 Å². The lowest BCUT2D eigenvalue weighted by atomic mass is 10.1. The Kier molecular flexibility index (Phi) is 3.66. The molecule has 1 unspecified atom stereocenters. The minimum absolute atomic E-state index is 0.0616. The average molecular weight is 281 g/mol. The van der Waals surface area contributed by atoms with E-state index < -0.39 is 16.9 Å². The Morgan fingerprint density at radius 1 is 1.43 bits per heavy atom. The molecule has 0 aliphatic heterocycles. The smallest absolute Gasteiger partial charge is 0.203 e. The van der Waals surface area contributed by atoms with Gasteiger partial charge in [0.1, 0.15) is 0 Å². The van der Waals surface area contributed by atoms with Crippen LogP contribution < -0.4 is 4.18 Å². The third-order valence-corrected chi connectivity index (χ3v) is 3.16. The van der Waals surface area contributed by atoms with Gasteiger partial charge in [-0.15, -0.1) is 0 Å². The van der Waals surface area contributed by atoms with Gasteiger partial charge >= 0.3 is 0 Å². The van der Waals surface area contributed by atoms with E-state index in [0.717, 1.165) is 5.56 Å². The van der Waals surface area contributed by atoms with Gasteiger partial charge in [-0.1, -0.05) is 15.9 Å². The first kappa shape index (κ1) is 11.7. The van der Waals surface area contributed by atoms with Crippen molar-refractivity contribution in [2.45, 2.75) is 13.8 Å². The van der Waals surface area contributed by atoms with Crippen molar-refractivity contribution in [1.82, 2.24) is 0 Å². The zero-order chi connectivity index (χ0) is 10.9. The highest BCUT2D eigenvalue weighted by atomic mass is 79.9. The van der Waals surface area contributed by atoms with Gasteiger partial charge in [0.2, 0.25) is 11.1 Å². The molecule has 0 aliphatic carbocycles. The maximum atomic E-state index is 13.4. The Bertz CT molecular complexity index is 393. The number of benzene rings is 1. The van der Waals surface area contributed by atoms with E-state index in [0.29, 0.717) is 10.0 Å². The van der Waals surface area contributed by atoms with Gasteiger partial charge in [-0.05, 0) is 31.0 Å². The molecule has 0 saturated heterocycles. The van der Waals surface area contributed by atoms with Gasteiger partial charge in [-0.25, -0.2) is 8.60 Å². The summed E-state index contributed by atoms with van der Waals surface area (Å²) in [6.07, 6.45) is 1.36. The lowest BCUT2D eigenvalue weighted by Gasteiger charge is -2.10. The summed E-state index contributed by atoms with van der Waals surface area (Å²) in [5.74, 6) is -0.443. The molecule has 2 nitrogen and oxygen atoms in total. The van der Waals surface area contributed by atoms with Crippen molar-refractivity contribution in [1.29, 1.82) is 0 Å². The standard InChI is InChI=1S/C9H10BrFO2S/c1-5-6(2)9(13-14(3)12)8(11)4-7(5)10/h4H,1-3H3. The van der Waals surface area contributed by atoms with Crippen molar-refractivity contribution in [3.05, 3.63) is 27.5 Å². The summed E-state index contributed by atoms with van der Waals surface area (Å²) >= 11 is 1.72. The van der Waals surface area contributed by atoms with Crippen LogP contribution in [0.5, 0.6) is 5.75 Å². The predicted molar refractivity (Wildman–Crippen MR) is 58.3 cm³/mol. The van der Waals surface area contributed by atoms with Crippen LogP contribution in [0.4, 0.5) is 4.39 Å². The second-order valence-electron chi connectivity index (χ2n) is 2.90. The molecule has 0 fully saturated rings. The van der Waals surface area contributed by atoms with Gasteiger partial charge in [0.15, 0.2) is 11.6 Å². The van der Waals surface area contributed by atoms with Gasteiger partial charge in [0, 0.05) is 10.7 Å². The molecule has 78 valence electrons. The molecule has 5 heteroatoms. The fraction of sp³-hybridized carbons (Fsp3) is 0.333. The second kappa shape index (κ2) is 4.40. The fourth-order valence-electron chi connectivity index (χ4n) is 1.03. The van der Waals surface area contributed by atoms with E-state index in [4.69, 9.17) is 4.18 Å². The zero-order valence-electron chi connectivity index (χ0n) is 8.06. The van der Waals surface area contributed by atoms with E-state index in [9.17, 15) is 8.60 Å². The summed E-state index contributed by atoms with van der Waals surface area (Å²) in [4.78, 5) is 0. The van der Waals surface area contributed by atoms with Crippen molar-refractivity contribution in [2.24, 2.45) is 0 Å². The van der Waals surface area contributed by atoms with Gasteiger partial charge in [0.05, 0.1) is 0 Å². The number of rotatable bonds is 2. The van der Waals surface area contributed by atoms with Crippen LogP contribution in [-0.4, -0.2) is 10.5 Å². The van der Waals surface area contributed by atoms with Crippen LogP contribution in [-0.2, 0) is 11.1 Å². The third kappa shape index (κ3) is 2.33. The Morgan fingerprint density at radius 2 is 2.00 bits per heavy atom. The summed E-state index contributed by atoms with van der Waals surface area (Å²) in [6, 6.07) is 1.31. The molecular formula is C9H10BrFO2S. The maximum Gasteiger partial charge on any atom is 0.203 e. The largest absolute Gasteiger partial charge is 0.397 e. The Balaban J connectivity index is 3.29. The minimum Gasteiger partial charge on any atom is -0.397 e. The molecule has 0 spiro atoms. The van der Waals surface area contributed by atoms with Gasteiger partial charge in [-0.2, -0.15) is 0 Å². The minimum atomic E-state index is -1.51. The van der Waals surface area contributed by atoms with Crippen molar-refractivity contribution in [2.75, 3.05) is 6.26 Å². The molecule has 0 aromatic heterocycles. The number of hydrogen-bond donors (Lipinski definition) is 0. The summed E-state index contributed by atoms with van der Waals surface area (Å²) in [7, 11) is 0. The van der Waals surface area contributed by atoms with Crippen LogP contribution in [0.1, 0.15) is 11.1 Å². The summed E-state index contributed by atoms with van der Waals surface area (Å²) < 4.78 is 29.8. The summed E-state index contributed by atoms with van der Waals surface area (Å²) in [6.45, 7) is 3.57. The van der Waals surface area contributed by atoms with Crippen LogP contribution >= 0.6 is 15.9 Å². The topological polar surface area (TPSA) is 26.3 Å². The first-order valence-corrected chi connectivity index (χ1v) is 6.18. The Labute approximate surface area is 93.3 Å². The molecule has 1 atom stereocenters. The zero-order valence-corrected chi connectivity index (χ0v) is 10.5. The van der Waals surface area contributed by atoms with Crippen LogP contribution in [0.3, 0.4) is 0 Å². The van der Waals surface area contributed by atoms with E-state index in [1.165, 1.54) is 12.3 Å². The maximum absolute atomic E-state index is 13.4. The quantitative estimate of drug-likeness (QED) is 0.833. The molecule has 0 saturated carbocycles. The van der Waals surface area contributed by atoms with E-state index in [-0.39, 0.29) is 5.75 Å². The fourth-order valence-corrected chi connectivity index (χ4v) is 1.97. The SMILES string of the molecule is Cc1c(Br)cc(F)c(OS(C)=O)c1C. The highest BCUT2D eigenvalue weighted by molar-refractivity contribution is 9.10. The lowest BCUT2D eigenvalue weighted by Crippen LogP contribution is -2.02. The predicted octanol–water partition coefficient (Wildman–Crippen LogP) is 2.88. The highest BCUT2D eigenvalue weighted by Crippen LogP contribution is 2.31. The number of hydrogen-bond acceptors (Lipinski definition) is 2. The summed E-state index contributed by atoms with van der Waals surface area (Å²) in [5.41, 5.74) is 1.54. The molecular weight excluding hydrogens is 271 g/mol. The molecule has 0 radical (unpaired) electrons. The monoisotopic (exact) mass is 280 g/mol. The Morgan fingerprint density at radius 3 is 2.50 bits per heavy atom. The number of halogens is 2. The van der Waals surface area contributed by atoms with Crippen LogP contribution in [0.15, 0.2) is 10.5 Å². The van der Waals surface area contributed by atoms with E-state index in [2.05, 4.69) is 15.9 Å². The van der Waals surface area contributed by atoms with E-state index in [1.807, 2.05) is 6.92 Å². The van der Waals surface area contributed by atoms with Crippen molar-refractivity contribution < 1.29 is 12.8 Å². The van der Waals surface area contributed by atoms with Gasteiger partial charge in [-0.3, -0.25) is 0 Å². The molecule has 1 aromatic rings. The van der Waals surface area contributed by atoms with Crippen LogP contribution in [0.25, 0.3) is 0 Å². The first-order valence-electron chi connectivity index (χ1n) is 3.90. The Hall–Kier alpha value is -0.420. The highest BCUT2D eigenvalue weighted by Gasteiger charge is 2.13. The van der Waals surface area contributed by atoms with Crippen LogP contribution in [0, 0.1) is 19.7 Å². The van der Waals surface area contributed by atoms with Crippen LogP contribution in [0.2, 0.25) is 0 Å². The van der Waals surface area contributed by atoms with Gasteiger partial charge in [0.25, 0.3) is 0 Å². The molecule has 0 bridgehead atoms. The molecule has 0 amide bonds. The molecule has 0 N–H and O–H groups in total. The molecule has 0 heterocycles. The third-order valence-electron chi connectivity index (χ3n) is 1.93. The van der Waals surface area contributed by atoms with E-state index >= 15 is 0 Å². The molecule has 1 rings (SSSR count). The second-order valence-corrected chi connectivity index (χ2v) is 4.73. The van der Waals surface area contributed by atoms with Crippen molar-refractivity contribution in [3.8, 4) is 5.75 Å². The van der Waals surface area contributed by atoms with Crippen molar-refractivity contribution >= 4 is 27.0 Å². The lowest BCUT2D eigenvalue weighted by molar-refractivity contribution is 0.509. The van der Waals surface area contributed by atoms with Gasteiger partial charge < -0.3 is 4.18 Å².